The number of hydrogen-bond donors (Lipinski definition) is 4. The molecule has 8 nitrogen and oxygen atoms in total. The van der Waals surface area contributed by atoms with Gasteiger partial charge in [0, 0.05) is 29.5 Å². The van der Waals surface area contributed by atoms with Crippen LogP contribution in [0.5, 0.6) is 0 Å². The van der Waals surface area contributed by atoms with Gasteiger partial charge < -0.3 is 16.1 Å². The highest BCUT2D eigenvalue weighted by molar-refractivity contribution is 6.36. The summed E-state index contributed by atoms with van der Waals surface area (Å²) >= 11 is 13.0. The van der Waals surface area contributed by atoms with E-state index in [0.29, 0.717) is 39.0 Å². The summed E-state index contributed by atoms with van der Waals surface area (Å²) in [5, 5.41) is 29.7. The van der Waals surface area contributed by atoms with Gasteiger partial charge in [-0.25, -0.2) is 4.39 Å². The zero-order chi connectivity index (χ0) is 28.7. The van der Waals surface area contributed by atoms with Crippen LogP contribution in [0.2, 0.25) is 10.0 Å². The normalized spacial score (nSPS) is 15.8. The van der Waals surface area contributed by atoms with E-state index in [1.54, 1.807) is 36.4 Å². The van der Waals surface area contributed by atoms with Gasteiger partial charge in [0.05, 0.1) is 49.2 Å². The Morgan fingerprint density at radius 2 is 1.85 bits per heavy atom. The van der Waals surface area contributed by atoms with Crippen LogP contribution >= 0.6 is 23.2 Å². The average Bonchev–Trinajstić information content (AvgIpc) is 3.69. The second kappa shape index (κ2) is 10.5. The number of hydrogen-bond acceptors (Lipinski definition) is 8. The summed E-state index contributed by atoms with van der Waals surface area (Å²) in [6.07, 6.45) is 5.66. The van der Waals surface area contributed by atoms with Gasteiger partial charge in [-0.3, -0.25) is 9.99 Å². The predicted octanol–water partition coefficient (Wildman–Crippen LogP) is 5.39. The van der Waals surface area contributed by atoms with E-state index in [4.69, 9.17) is 23.2 Å². The molecule has 1 atom stereocenters. The van der Waals surface area contributed by atoms with Crippen LogP contribution in [0.25, 0.3) is 10.9 Å². The molecule has 1 fully saturated rings. The Kier molecular flexibility index (Phi) is 6.84. The van der Waals surface area contributed by atoms with E-state index in [1.807, 2.05) is 25.1 Å². The van der Waals surface area contributed by atoms with Crippen LogP contribution in [-0.2, 0) is 5.44 Å². The van der Waals surface area contributed by atoms with Gasteiger partial charge in [0.25, 0.3) is 0 Å². The van der Waals surface area contributed by atoms with E-state index in [9.17, 15) is 14.9 Å². The molecular formula is C29H22BCl2FN8. The fourth-order valence-corrected chi connectivity index (χ4v) is 5.41. The lowest BCUT2D eigenvalue weighted by atomic mass is 9.69. The summed E-state index contributed by atoms with van der Waals surface area (Å²) in [6.45, 7) is 0. The highest BCUT2D eigenvalue weighted by Gasteiger charge is 2.38. The maximum Gasteiger partial charge on any atom is 0.148 e. The van der Waals surface area contributed by atoms with E-state index in [-0.39, 0.29) is 22.0 Å². The monoisotopic (exact) mass is 582 g/mol. The van der Waals surface area contributed by atoms with Crippen LogP contribution in [-0.4, -0.2) is 23.9 Å². The predicted molar refractivity (Wildman–Crippen MR) is 160 cm³/mol. The third-order valence-corrected chi connectivity index (χ3v) is 7.92. The number of nitrogens with one attached hydrogen (secondary N) is 4. The lowest BCUT2D eigenvalue weighted by Gasteiger charge is -2.34. The Bertz CT molecular complexity index is 1800. The average molecular weight is 583 g/mol. The van der Waals surface area contributed by atoms with Gasteiger partial charge in [0.2, 0.25) is 0 Å². The van der Waals surface area contributed by atoms with Crippen LogP contribution in [0.4, 0.5) is 21.5 Å². The fraction of sp³-hybridized carbons (Fsp3) is 0.138. The maximum absolute atomic E-state index is 13.9. The Morgan fingerprint density at radius 3 is 2.56 bits per heavy atom. The number of aromatic nitrogens is 1. The van der Waals surface area contributed by atoms with Crippen molar-refractivity contribution in [3.05, 3.63) is 105 Å². The number of nitrogens with zero attached hydrogens (tertiary/aromatic N) is 4. The first kappa shape index (κ1) is 26.7. The molecule has 0 amide bonds. The van der Waals surface area contributed by atoms with Crippen molar-refractivity contribution in [2.75, 3.05) is 10.6 Å². The minimum absolute atomic E-state index is 0.249. The molecule has 1 aromatic heterocycles. The minimum Gasteiger partial charge on any atom is -0.378 e. The molecule has 0 spiro atoms. The van der Waals surface area contributed by atoms with Crippen molar-refractivity contribution in [3.63, 3.8) is 0 Å². The van der Waals surface area contributed by atoms with E-state index >= 15 is 0 Å². The van der Waals surface area contributed by atoms with E-state index < -0.39 is 5.44 Å². The van der Waals surface area contributed by atoms with Crippen LogP contribution in [0.3, 0.4) is 0 Å². The summed E-state index contributed by atoms with van der Waals surface area (Å²) in [6, 6.07) is 19.7. The van der Waals surface area contributed by atoms with Crippen molar-refractivity contribution >= 4 is 59.0 Å². The van der Waals surface area contributed by atoms with Gasteiger partial charge in [-0.05, 0) is 54.8 Å². The lowest BCUT2D eigenvalue weighted by molar-refractivity contribution is 0.260. The van der Waals surface area contributed by atoms with Gasteiger partial charge >= 0.3 is 0 Å². The zero-order valence-electron chi connectivity index (χ0n) is 21.8. The summed E-state index contributed by atoms with van der Waals surface area (Å²) in [5.74, 6) is -0.334. The van der Waals surface area contributed by atoms with Crippen molar-refractivity contribution in [3.8, 4) is 12.1 Å². The molecule has 0 bridgehead atoms. The summed E-state index contributed by atoms with van der Waals surface area (Å²) < 4.78 is 13.9. The molecule has 4 aromatic rings. The number of benzene rings is 3. The van der Waals surface area contributed by atoms with E-state index in [1.165, 1.54) is 18.3 Å². The molecule has 4 N–H and O–H groups in total. The minimum atomic E-state index is -0.837. The molecule has 2 heterocycles. The molecule has 12 heteroatoms. The van der Waals surface area contributed by atoms with Gasteiger partial charge in [0.15, 0.2) is 0 Å². The largest absolute Gasteiger partial charge is 0.378 e. The van der Waals surface area contributed by atoms with Crippen LogP contribution in [0, 0.1) is 28.5 Å². The fourth-order valence-electron chi connectivity index (χ4n) is 4.93. The molecule has 6 rings (SSSR count). The highest BCUT2D eigenvalue weighted by Crippen LogP contribution is 2.39. The number of fused-ring (bicyclic) bond motifs is 1. The molecule has 1 saturated carbocycles. The third kappa shape index (κ3) is 4.98. The second-order valence-electron chi connectivity index (χ2n) is 10.1. The number of anilines is 3. The standard InChI is InChI=1S/C29H22BCl2FN8/c30-29(17-4-6-18(33)7-5-17,26-15-41(40-39-26)20-8-9-20)38-19-10-21-27(16(12-34)14-36-28(21)24(32)11-19)37-25-3-1-2-23(31)22(25)13-35/h1-7,10-11,14-15,20,38-40H,8-9,30H2,(H,36,37). The Labute approximate surface area is 246 Å². The smallest absolute Gasteiger partial charge is 0.148 e. The zero-order valence-corrected chi connectivity index (χ0v) is 23.3. The molecule has 0 radical (unpaired) electrons. The van der Waals surface area contributed by atoms with Crippen LogP contribution in [0.15, 0.2) is 72.7 Å². The Balaban J connectivity index is 1.47. The highest BCUT2D eigenvalue weighted by atomic mass is 35.5. The molecule has 1 aliphatic heterocycles. The molecule has 202 valence electrons. The molecular weight excluding hydrogens is 561 g/mol. The van der Waals surface area contributed by atoms with Crippen molar-refractivity contribution < 1.29 is 4.39 Å². The van der Waals surface area contributed by atoms with Gasteiger partial charge in [-0.15, -0.1) is 5.53 Å². The van der Waals surface area contributed by atoms with Crippen LogP contribution in [0.1, 0.15) is 29.5 Å². The second-order valence-corrected chi connectivity index (χ2v) is 10.9. The first-order valence-corrected chi connectivity index (χ1v) is 13.6. The van der Waals surface area contributed by atoms with E-state index in [2.05, 4.69) is 38.7 Å². The van der Waals surface area contributed by atoms with Gasteiger partial charge in [0.1, 0.15) is 25.8 Å². The Morgan fingerprint density at radius 1 is 1.07 bits per heavy atom. The Hall–Kier alpha value is -4.48. The molecule has 0 saturated heterocycles. The summed E-state index contributed by atoms with van der Waals surface area (Å²) in [4.78, 5) is 4.44. The summed E-state index contributed by atoms with van der Waals surface area (Å²) in [7, 11) is 1.99. The SMILES string of the molecule is BC(Nc1cc(Cl)c2ncc(C#N)c(Nc3cccc(Cl)c3C#N)c2c1)(C1=CN(C2CC2)NN1)c1ccc(F)cc1. The molecule has 2 aliphatic rings. The van der Waals surface area contributed by atoms with Crippen molar-refractivity contribution in [2.45, 2.75) is 24.3 Å². The first-order valence-electron chi connectivity index (χ1n) is 12.8. The summed E-state index contributed by atoms with van der Waals surface area (Å²) in [5.41, 5.74) is 9.78. The molecule has 1 unspecified atom stereocenters. The van der Waals surface area contributed by atoms with Crippen LogP contribution < -0.4 is 21.6 Å². The van der Waals surface area contributed by atoms with Crippen molar-refractivity contribution in [1.29, 1.82) is 10.5 Å². The van der Waals surface area contributed by atoms with Crippen molar-refractivity contribution in [2.24, 2.45) is 0 Å². The first-order chi connectivity index (χ1) is 19.8. The maximum atomic E-state index is 13.9. The van der Waals surface area contributed by atoms with Gasteiger partial charge in [-0.1, -0.05) is 41.4 Å². The molecule has 3 aromatic carbocycles. The number of hydrazine groups is 2. The quantitative estimate of drug-likeness (QED) is 0.214. The molecule has 1 aliphatic carbocycles. The number of nitriles is 2. The van der Waals surface area contributed by atoms with Crippen molar-refractivity contribution in [1.82, 2.24) is 21.0 Å². The lowest BCUT2D eigenvalue weighted by Crippen LogP contribution is -2.45. The third-order valence-electron chi connectivity index (χ3n) is 7.31. The number of rotatable bonds is 7. The number of halogens is 3. The van der Waals surface area contributed by atoms with Gasteiger partial charge in [-0.2, -0.15) is 10.5 Å². The number of pyridine rings is 1. The molecule has 41 heavy (non-hydrogen) atoms. The topological polar surface area (TPSA) is 112 Å². The van der Waals surface area contributed by atoms with E-state index in [0.717, 1.165) is 24.1 Å².